The van der Waals surface area contributed by atoms with E-state index in [0.717, 1.165) is 10.5 Å². The number of halogens is 1. The highest BCUT2D eigenvalue weighted by atomic mass is 79.9. The molecule has 0 spiro atoms. The molecule has 0 unspecified atom stereocenters. The van der Waals surface area contributed by atoms with Gasteiger partial charge in [-0.05, 0) is 5.56 Å². The third kappa shape index (κ3) is 4.71. The molecule has 0 fully saturated rings. The van der Waals surface area contributed by atoms with Gasteiger partial charge < -0.3 is 5.11 Å². The predicted molar refractivity (Wildman–Crippen MR) is 73.6 cm³/mol. The van der Waals surface area contributed by atoms with E-state index in [-0.39, 0.29) is 13.0 Å². The summed E-state index contributed by atoms with van der Waals surface area (Å²) < 4.78 is 0. The van der Waals surface area contributed by atoms with Gasteiger partial charge in [0.1, 0.15) is 0 Å². The van der Waals surface area contributed by atoms with Crippen LogP contribution >= 0.6 is 15.9 Å². The fourth-order valence-corrected chi connectivity index (χ4v) is 1.70. The van der Waals surface area contributed by atoms with Crippen LogP contribution in [0.2, 0.25) is 0 Å². The molecule has 1 aromatic carbocycles. The van der Waals surface area contributed by atoms with Crippen molar-refractivity contribution in [1.29, 1.82) is 0 Å². The average Bonchev–Trinajstić information content (AvgIpc) is 2.35. The molecule has 1 rings (SSSR count). The molecule has 1 aromatic rings. The first-order valence-corrected chi connectivity index (χ1v) is 6.58. The maximum absolute atomic E-state index is 11.5. The lowest BCUT2D eigenvalue weighted by molar-refractivity contribution is -0.128. The van der Waals surface area contributed by atoms with Gasteiger partial charge in [-0.25, -0.2) is 9.69 Å². The number of carboxylic acid groups (broad SMARTS) is 1. The zero-order chi connectivity index (χ0) is 13.4. The van der Waals surface area contributed by atoms with Crippen LogP contribution in [0.1, 0.15) is 12.0 Å². The first kappa shape index (κ1) is 14.4. The molecule has 0 aliphatic rings. The summed E-state index contributed by atoms with van der Waals surface area (Å²) in [7, 11) is 0. The van der Waals surface area contributed by atoms with E-state index in [0.29, 0.717) is 5.33 Å². The molecule has 0 saturated heterocycles. The lowest BCUT2D eigenvalue weighted by atomic mass is 10.2. The number of hydrogen-bond donors (Lipinski definition) is 1. The molecule has 0 saturated carbocycles. The molecule has 0 bridgehead atoms. The molecular formula is C13H14BrNO3. The quantitative estimate of drug-likeness (QED) is 0.850. The summed E-state index contributed by atoms with van der Waals surface area (Å²) in [5, 5.41) is 9.38. The summed E-state index contributed by atoms with van der Waals surface area (Å²) in [4.78, 5) is 23.2. The van der Waals surface area contributed by atoms with Crippen LogP contribution in [-0.2, 0) is 4.79 Å². The van der Waals surface area contributed by atoms with Gasteiger partial charge in [-0.3, -0.25) is 4.79 Å². The first-order chi connectivity index (χ1) is 8.65. The van der Waals surface area contributed by atoms with Crippen LogP contribution in [0, 0.1) is 0 Å². The standard InChI is InChI=1S/C13H14BrNO3/c14-9-8-12(16)15(13(17)18)10-4-7-11-5-2-1-3-6-11/h1-7H,8-10H2,(H,17,18). The number of carbonyl (C=O) groups excluding carboxylic acids is 1. The summed E-state index contributed by atoms with van der Waals surface area (Å²) in [5.41, 5.74) is 0.968. The molecule has 96 valence electrons. The third-order valence-electron chi connectivity index (χ3n) is 2.24. The van der Waals surface area contributed by atoms with E-state index >= 15 is 0 Å². The lowest BCUT2D eigenvalue weighted by Gasteiger charge is -2.14. The van der Waals surface area contributed by atoms with Crippen molar-refractivity contribution in [1.82, 2.24) is 4.90 Å². The second-order valence-electron chi connectivity index (χ2n) is 3.54. The maximum atomic E-state index is 11.5. The molecular weight excluding hydrogens is 298 g/mol. The van der Waals surface area contributed by atoms with Gasteiger partial charge in [0.2, 0.25) is 5.91 Å². The molecule has 0 radical (unpaired) electrons. The van der Waals surface area contributed by atoms with Gasteiger partial charge in [0.15, 0.2) is 0 Å². The summed E-state index contributed by atoms with van der Waals surface area (Å²) in [6.45, 7) is 0.0655. The highest BCUT2D eigenvalue weighted by Crippen LogP contribution is 2.03. The van der Waals surface area contributed by atoms with Crippen molar-refractivity contribution in [3.05, 3.63) is 42.0 Å². The molecule has 4 nitrogen and oxygen atoms in total. The minimum absolute atomic E-state index is 0.0655. The Balaban J connectivity index is 2.60. The van der Waals surface area contributed by atoms with Crippen molar-refractivity contribution in [2.75, 3.05) is 11.9 Å². The number of imide groups is 1. The topological polar surface area (TPSA) is 57.6 Å². The summed E-state index contributed by atoms with van der Waals surface area (Å²) in [6.07, 6.45) is 2.40. The Morgan fingerprint density at radius 2 is 1.94 bits per heavy atom. The van der Waals surface area contributed by atoms with Crippen LogP contribution in [0.15, 0.2) is 36.4 Å². The number of amides is 2. The van der Waals surface area contributed by atoms with Crippen LogP contribution < -0.4 is 0 Å². The van der Waals surface area contributed by atoms with Crippen molar-refractivity contribution in [3.8, 4) is 0 Å². The monoisotopic (exact) mass is 311 g/mol. The number of benzene rings is 1. The Bertz CT molecular complexity index is 431. The molecule has 18 heavy (non-hydrogen) atoms. The van der Waals surface area contributed by atoms with Crippen molar-refractivity contribution in [2.45, 2.75) is 6.42 Å². The Morgan fingerprint density at radius 1 is 1.28 bits per heavy atom. The van der Waals surface area contributed by atoms with Gasteiger partial charge in [0.05, 0.1) is 6.54 Å². The molecule has 5 heteroatoms. The number of nitrogens with zero attached hydrogens (tertiary/aromatic N) is 1. The average molecular weight is 312 g/mol. The number of alkyl halides is 1. The van der Waals surface area contributed by atoms with Crippen molar-refractivity contribution in [3.63, 3.8) is 0 Å². The zero-order valence-corrected chi connectivity index (χ0v) is 11.3. The normalized spacial score (nSPS) is 10.5. The molecule has 0 heterocycles. The van der Waals surface area contributed by atoms with E-state index in [1.807, 2.05) is 30.3 Å². The van der Waals surface area contributed by atoms with Gasteiger partial charge in [-0.2, -0.15) is 0 Å². The van der Waals surface area contributed by atoms with Crippen molar-refractivity contribution < 1.29 is 14.7 Å². The molecule has 2 amide bonds. The fourth-order valence-electron chi connectivity index (χ4n) is 1.36. The fraction of sp³-hybridized carbons (Fsp3) is 0.231. The summed E-state index contributed by atoms with van der Waals surface area (Å²) in [5.74, 6) is -0.405. The molecule has 0 aliphatic heterocycles. The highest BCUT2D eigenvalue weighted by Gasteiger charge is 2.17. The van der Waals surface area contributed by atoms with Crippen LogP contribution in [-0.4, -0.2) is 33.9 Å². The second-order valence-corrected chi connectivity index (χ2v) is 4.33. The van der Waals surface area contributed by atoms with Gasteiger partial charge in [-0.15, -0.1) is 0 Å². The number of rotatable bonds is 5. The summed E-state index contributed by atoms with van der Waals surface area (Å²) in [6, 6.07) is 9.50. The molecule has 1 N–H and O–H groups in total. The van der Waals surface area contributed by atoms with Gasteiger partial charge >= 0.3 is 6.09 Å². The summed E-state index contributed by atoms with van der Waals surface area (Å²) >= 11 is 3.11. The van der Waals surface area contributed by atoms with Gasteiger partial charge in [0.25, 0.3) is 0 Å². The van der Waals surface area contributed by atoms with Crippen molar-refractivity contribution >= 4 is 34.0 Å². The van der Waals surface area contributed by atoms with E-state index in [2.05, 4.69) is 15.9 Å². The van der Waals surface area contributed by atoms with Crippen LogP contribution in [0.3, 0.4) is 0 Å². The SMILES string of the molecule is O=C(O)N(CC=Cc1ccccc1)C(=O)CCBr. The Labute approximate surface area is 114 Å². The van der Waals surface area contributed by atoms with Crippen LogP contribution in [0.5, 0.6) is 0 Å². The van der Waals surface area contributed by atoms with Gasteiger partial charge in [-0.1, -0.05) is 58.4 Å². The highest BCUT2D eigenvalue weighted by molar-refractivity contribution is 9.09. The minimum atomic E-state index is -1.22. The van der Waals surface area contributed by atoms with Crippen molar-refractivity contribution in [2.24, 2.45) is 0 Å². The minimum Gasteiger partial charge on any atom is -0.465 e. The van der Waals surface area contributed by atoms with Crippen LogP contribution in [0.4, 0.5) is 4.79 Å². The Hall–Kier alpha value is -1.62. The van der Waals surface area contributed by atoms with Crippen LogP contribution in [0.25, 0.3) is 6.08 Å². The zero-order valence-electron chi connectivity index (χ0n) is 9.75. The van der Waals surface area contributed by atoms with E-state index < -0.39 is 12.0 Å². The van der Waals surface area contributed by atoms with E-state index in [1.54, 1.807) is 12.2 Å². The van der Waals surface area contributed by atoms with E-state index in [4.69, 9.17) is 5.11 Å². The predicted octanol–water partition coefficient (Wildman–Crippen LogP) is 2.99. The third-order valence-corrected chi connectivity index (χ3v) is 2.63. The smallest absolute Gasteiger partial charge is 0.414 e. The molecule has 0 aromatic heterocycles. The Morgan fingerprint density at radius 3 is 2.50 bits per heavy atom. The maximum Gasteiger partial charge on any atom is 0.414 e. The largest absolute Gasteiger partial charge is 0.465 e. The number of carbonyl (C=O) groups is 2. The second kappa shape index (κ2) is 7.66. The molecule has 0 aliphatic carbocycles. The first-order valence-electron chi connectivity index (χ1n) is 5.46. The van der Waals surface area contributed by atoms with E-state index in [9.17, 15) is 9.59 Å². The van der Waals surface area contributed by atoms with E-state index in [1.165, 1.54) is 0 Å². The van der Waals surface area contributed by atoms with Gasteiger partial charge in [0, 0.05) is 11.8 Å². The Kier molecular flexibility index (Phi) is 6.14. The lowest BCUT2D eigenvalue weighted by Crippen LogP contribution is -2.35. The number of hydrogen-bond acceptors (Lipinski definition) is 2. The molecule has 0 atom stereocenters.